The van der Waals surface area contributed by atoms with E-state index in [0.717, 1.165) is 4.57 Å². The molecule has 1 aromatic heterocycles. The molecular weight excluding hydrogens is 280 g/mol. The molecule has 2 N–H and O–H groups in total. The minimum Gasteiger partial charge on any atom is -0.480 e. The number of carbonyl (C=O) groups excluding carboxylic acids is 1. The van der Waals surface area contributed by atoms with E-state index in [1.54, 1.807) is 9.80 Å². The average molecular weight is 296 g/mol. The summed E-state index contributed by atoms with van der Waals surface area (Å²) in [5, 5.41) is 8.70. The van der Waals surface area contributed by atoms with Crippen molar-refractivity contribution in [3.8, 4) is 0 Å². The number of aromatic nitrogens is 2. The zero-order valence-corrected chi connectivity index (χ0v) is 11.3. The van der Waals surface area contributed by atoms with Gasteiger partial charge in [0.05, 0.1) is 6.54 Å². The third kappa shape index (κ3) is 4.02. The van der Waals surface area contributed by atoms with E-state index in [1.165, 1.54) is 12.3 Å². The summed E-state index contributed by atoms with van der Waals surface area (Å²) in [6.07, 6.45) is 1.28. The number of aromatic amines is 1. The summed E-state index contributed by atoms with van der Waals surface area (Å²) in [5.41, 5.74) is -1.13. The van der Waals surface area contributed by atoms with Gasteiger partial charge in [0, 0.05) is 38.4 Å². The van der Waals surface area contributed by atoms with Crippen LogP contribution in [0.15, 0.2) is 21.9 Å². The van der Waals surface area contributed by atoms with Gasteiger partial charge in [0.1, 0.15) is 6.54 Å². The van der Waals surface area contributed by atoms with Gasteiger partial charge in [-0.05, 0) is 0 Å². The number of carbonyl (C=O) groups is 2. The largest absolute Gasteiger partial charge is 0.480 e. The van der Waals surface area contributed by atoms with Crippen LogP contribution in [0.5, 0.6) is 0 Å². The molecule has 2 rings (SSSR count). The van der Waals surface area contributed by atoms with Crippen LogP contribution in [0.2, 0.25) is 0 Å². The second-order valence-corrected chi connectivity index (χ2v) is 4.79. The summed E-state index contributed by atoms with van der Waals surface area (Å²) in [7, 11) is 0. The summed E-state index contributed by atoms with van der Waals surface area (Å²) in [5.74, 6) is -1.13. The fraction of sp³-hybridized carbons (Fsp3) is 0.500. The Labute approximate surface area is 119 Å². The Bertz CT molecular complexity index is 642. The van der Waals surface area contributed by atoms with Gasteiger partial charge in [0.2, 0.25) is 5.91 Å². The van der Waals surface area contributed by atoms with Crippen LogP contribution in [-0.2, 0) is 16.1 Å². The third-order valence-corrected chi connectivity index (χ3v) is 3.29. The molecule has 1 saturated heterocycles. The van der Waals surface area contributed by atoms with E-state index >= 15 is 0 Å². The molecule has 9 nitrogen and oxygen atoms in total. The molecule has 1 aromatic rings. The molecule has 0 unspecified atom stereocenters. The van der Waals surface area contributed by atoms with E-state index in [2.05, 4.69) is 4.98 Å². The second kappa shape index (κ2) is 6.35. The van der Waals surface area contributed by atoms with E-state index < -0.39 is 17.2 Å². The zero-order chi connectivity index (χ0) is 15.4. The topological polar surface area (TPSA) is 116 Å². The minimum atomic E-state index is -0.894. The molecule has 1 aliphatic rings. The monoisotopic (exact) mass is 296 g/mol. The fourth-order valence-corrected chi connectivity index (χ4v) is 2.16. The zero-order valence-electron chi connectivity index (χ0n) is 11.3. The first-order chi connectivity index (χ1) is 9.95. The molecule has 21 heavy (non-hydrogen) atoms. The van der Waals surface area contributed by atoms with Crippen molar-refractivity contribution < 1.29 is 14.7 Å². The molecule has 1 amide bonds. The van der Waals surface area contributed by atoms with Crippen molar-refractivity contribution in [2.45, 2.75) is 6.54 Å². The highest BCUT2D eigenvalue weighted by Gasteiger charge is 2.22. The molecule has 1 aliphatic heterocycles. The van der Waals surface area contributed by atoms with E-state index in [0.29, 0.717) is 26.2 Å². The van der Waals surface area contributed by atoms with Gasteiger partial charge in [0.25, 0.3) is 5.56 Å². The highest BCUT2D eigenvalue weighted by molar-refractivity contribution is 5.76. The number of carboxylic acid groups (broad SMARTS) is 1. The quantitative estimate of drug-likeness (QED) is 0.649. The Kier molecular flexibility index (Phi) is 4.53. The molecule has 0 saturated carbocycles. The smallest absolute Gasteiger partial charge is 0.328 e. The first kappa shape index (κ1) is 15.0. The van der Waals surface area contributed by atoms with Crippen LogP contribution >= 0.6 is 0 Å². The number of amides is 1. The second-order valence-electron chi connectivity index (χ2n) is 4.79. The highest BCUT2D eigenvalue weighted by Crippen LogP contribution is 2.02. The van der Waals surface area contributed by atoms with Crippen molar-refractivity contribution in [1.29, 1.82) is 0 Å². The number of aliphatic carboxylic acids is 1. The number of carboxylic acids is 1. The molecule has 0 aliphatic carbocycles. The highest BCUT2D eigenvalue weighted by atomic mass is 16.4. The van der Waals surface area contributed by atoms with Gasteiger partial charge in [-0.3, -0.25) is 28.8 Å². The SMILES string of the molecule is O=C(O)CN1CCN(C(=O)Cn2ccc(=O)[nH]c2=O)CC1. The van der Waals surface area contributed by atoms with Crippen molar-refractivity contribution in [2.75, 3.05) is 32.7 Å². The molecular formula is C12H16N4O5. The van der Waals surface area contributed by atoms with Crippen molar-refractivity contribution in [3.05, 3.63) is 33.1 Å². The minimum absolute atomic E-state index is 0.0403. The van der Waals surface area contributed by atoms with Gasteiger partial charge in [-0.2, -0.15) is 0 Å². The average Bonchev–Trinajstić information content (AvgIpc) is 2.42. The third-order valence-electron chi connectivity index (χ3n) is 3.29. The lowest BCUT2D eigenvalue weighted by Gasteiger charge is -2.33. The molecule has 0 spiro atoms. The molecule has 0 radical (unpaired) electrons. The maximum absolute atomic E-state index is 12.1. The fourth-order valence-electron chi connectivity index (χ4n) is 2.16. The Hall–Kier alpha value is -2.42. The number of hydrogen-bond acceptors (Lipinski definition) is 5. The number of hydrogen-bond donors (Lipinski definition) is 2. The Morgan fingerprint density at radius 1 is 1.14 bits per heavy atom. The van der Waals surface area contributed by atoms with Crippen molar-refractivity contribution in [1.82, 2.24) is 19.4 Å². The molecule has 2 heterocycles. The van der Waals surface area contributed by atoms with Crippen molar-refractivity contribution in [3.63, 3.8) is 0 Å². The number of rotatable bonds is 4. The predicted octanol–water partition coefficient (Wildman–Crippen LogP) is -2.23. The van der Waals surface area contributed by atoms with E-state index in [4.69, 9.17) is 5.11 Å². The van der Waals surface area contributed by atoms with Gasteiger partial charge >= 0.3 is 11.7 Å². The number of nitrogens with zero attached hydrogens (tertiary/aromatic N) is 3. The summed E-state index contributed by atoms with van der Waals surface area (Å²) in [6, 6.07) is 1.18. The molecule has 0 bridgehead atoms. The van der Waals surface area contributed by atoms with Crippen molar-refractivity contribution >= 4 is 11.9 Å². The molecule has 1 fully saturated rings. The van der Waals surface area contributed by atoms with Crippen LogP contribution < -0.4 is 11.2 Å². The van der Waals surface area contributed by atoms with Crippen LogP contribution in [0.3, 0.4) is 0 Å². The molecule has 114 valence electrons. The van der Waals surface area contributed by atoms with E-state index in [-0.39, 0.29) is 19.0 Å². The number of piperazine rings is 1. The predicted molar refractivity (Wildman–Crippen MR) is 72.0 cm³/mol. The Morgan fingerprint density at radius 2 is 1.81 bits per heavy atom. The van der Waals surface area contributed by atoms with Crippen LogP contribution in [0.4, 0.5) is 0 Å². The standard InChI is InChI=1S/C12H16N4O5/c17-9-1-2-16(12(21)13-9)7-10(18)15-5-3-14(4-6-15)8-11(19)20/h1-2H,3-8H2,(H,19,20)(H,13,17,21). The van der Waals surface area contributed by atoms with Crippen LogP contribution in [0.25, 0.3) is 0 Å². The lowest BCUT2D eigenvalue weighted by atomic mass is 10.3. The van der Waals surface area contributed by atoms with Gasteiger partial charge in [-0.1, -0.05) is 0 Å². The number of H-pyrrole nitrogens is 1. The van der Waals surface area contributed by atoms with Gasteiger partial charge < -0.3 is 10.0 Å². The first-order valence-electron chi connectivity index (χ1n) is 6.47. The molecule has 9 heteroatoms. The number of nitrogens with one attached hydrogen (secondary N) is 1. The summed E-state index contributed by atoms with van der Waals surface area (Å²) in [6.45, 7) is 1.63. The van der Waals surface area contributed by atoms with E-state index in [1.807, 2.05) is 0 Å². The Morgan fingerprint density at radius 3 is 2.38 bits per heavy atom. The summed E-state index contributed by atoms with van der Waals surface area (Å²) < 4.78 is 1.13. The summed E-state index contributed by atoms with van der Waals surface area (Å²) >= 11 is 0. The lowest BCUT2D eigenvalue weighted by Crippen LogP contribution is -2.51. The first-order valence-corrected chi connectivity index (χ1v) is 6.47. The summed E-state index contributed by atoms with van der Waals surface area (Å²) in [4.78, 5) is 50.5. The Balaban J connectivity index is 1.92. The van der Waals surface area contributed by atoms with Crippen LogP contribution in [0, 0.1) is 0 Å². The van der Waals surface area contributed by atoms with Gasteiger partial charge in [-0.25, -0.2) is 4.79 Å². The normalized spacial score (nSPS) is 15.9. The lowest BCUT2D eigenvalue weighted by molar-refractivity contribution is -0.139. The maximum atomic E-state index is 12.1. The molecule has 0 aromatic carbocycles. The van der Waals surface area contributed by atoms with Crippen LogP contribution in [0.1, 0.15) is 0 Å². The maximum Gasteiger partial charge on any atom is 0.328 e. The van der Waals surface area contributed by atoms with Gasteiger partial charge in [-0.15, -0.1) is 0 Å². The van der Waals surface area contributed by atoms with E-state index in [9.17, 15) is 19.2 Å². The van der Waals surface area contributed by atoms with Crippen LogP contribution in [-0.4, -0.2) is 69.1 Å². The van der Waals surface area contributed by atoms with Gasteiger partial charge in [0.15, 0.2) is 0 Å². The van der Waals surface area contributed by atoms with Crippen molar-refractivity contribution in [2.24, 2.45) is 0 Å². The molecule has 0 atom stereocenters.